The monoisotopic (exact) mass is 163 g/mol. The van der Waals surface area contributed by atoms with Crippen LogP contribution in [0.4, 0.5) is 8.78 Å². The summed E-state index contributed by atoms with van der Waals surface area (Å²) in [6.45, 7) is 2.67. The summed E-state index contributed by atoms with van der Waals surface area (Å²) in [6.07, 6.45) is 2.00. The van der Waals surface area contributed by atoms with Crippen molar-refractivity contribution in [2.45, 2.75) is 32.1 Å². The first-order valence-electron chi connectivity index (χ1n) is 4.22. The zero-order valence-corrected chi connectivity index (χ0v) is 6.87. The third kappa shape index (κ3) is 2.73. The quantitative estimate of drug-likeness (QED) is 0.656. The molecule has 1 fully saturated rings. The fourth-order valence-electron chi connectivity index (χ4n) is 1.64. The van der Waals surface area contributed by atoms with Crippen LogP contribution in [0, 0.1) is 5.92 Å². The number of piperidine rings is 1. The lowest BCUT2D eigenvalue weighted by Gasteiger charge is -2.29. The lowest BCUT2D eigenvalue weighted by atomic mass is 9.93. The van der Waals surface area contributed by atoms with Gasteiger partial charge < -0.3 is 5.32 Å². The molecule has 0 aromatic carbocycles. The Morgan fingerprint density at radius 2 is 2.27 bits per heavy atom. The van der Waals surface area contributed by atoms with Gasteiger partial charge >= 0.3 is 0 Å². The maximum Gasteiger partial charge on any atom is 0.260 e. The molecule has 0 spiro atoms. The van der Waals surface area contributed by atoms with E-state index < -0.39 is 5.92 Å². The van der Waals surface area contributed by atoms with Gasteiger partial charge in [0.1, 0.15) is 0 Å². The van der Waals surface area contributed by atoms with Crippen molar-refractivity contribution in [3.8, 4) is 0 Å². The van der Waals surface area contributed by atoms with Gasteiger partial charge in [-0.05, 0) is 18.9 Å². The smallest absolute Gasteiger partial charge is 0.260 e. The van der Waals surface area contributed by atoms with Crippen molar-refractivity contribution in [2.75, 3.05) is 13.1 Å². The van der Waals surface area contributed by atoms with Crippen LogP contribution in [0.3, 0.4) is 0 Å². The first-order chi connectivity index (χ1) is 5.14. The number of hydrogen-bond donors (Lipinski definition) is 1. The number of alkyl halides is 2. The van der Waals surface area contributed by atoms with Gasteiger partial charge in [0, 0.05) is 6.42 Å². The predicted octanol–water partition coefficient (Wildman–Crippen LogP) is 2.03. The molecule has 1 saturated heterocycles. The largest absolute Gasteiger partial charge is 0.311 e. The molecule has 1 rings (SSSR count). The second-order valence-electron chi connectivity index (χ2n) is 3.35. The Balaban J connectivity index is 2.34. The van der Waals surface area contributed by atoms with Crippen LogP contribution in [0.5, 0.6) is 0 Å². The molecule has 0 aromatic heterocycles. The summed E-state index contributed by atoms with van der Waals surface area (Å²) in [5, 5.41) is 2.76. The summed E-state index contributed by atoms with van der Waals surface area (Å²) < 4.78 is 25.4. The average Bonchev–Trinajstić information content (AvgIpc) is 1.85. The van der Waals surface area contributed by atoms with Crippen molar-refractivity contribution in [3.05, 3.63) is 0 Å². The Bertz CT molecular complexity index is 123. The Labute approximate surface area is 66.2 Å². The standard InChI is InChI=1S/C8H15F2N/c1-2-3-7-4-8(9,10)6-11-5-7/h7,11H,2-6H2,1H3. The van der Waals surface area contributed by atoms with E-state index in [1.54, 1.807) is 0 Å². The molecular weight excluding hydrogens is 148 g/mol. The van der Waals surface area contributed by atoms with Crippen LogP contribution in [-0.4, -0.2) is 19.0 Å². The normalized spacial score (nSPS) is 30.3. The van der Waals surface area contributed by atoms with Gasteiger partial charge in [-0.25, -0.2) is 8.78 Å². The fraction of sp³-hybridized carbons (Fsp3) is 1.00. The summed E-state index contributed by atoms with van der Waals surface area (Å²) in [5.74, 6) is -2.28. The molecule has 1 unspecified atom stereocenters. The van der Waals surface area contributed by atoms with Crippen molar-refractivity contribution in [2.24, 2.45) is 5.92 Å². The van der Waals surface area contributed by atoms with Crippen molar-refractivity contribution >= 4 is 0 Å². The van der Waals surface area contributed by atoms with E-state index in [1.165, 1.54) is 0 Å². The van der Waals surface area contributed by atoms with Crippen molar-refractivity contribution in [3.63, 3.8) is 0 Å². The first kappa shape index (κ1) is 8.91. The number of halogens is 2. The van der Waals surface area contributed by atoms with E-state index in [4.69, 9.17) is 0 Å². The Morgan fingerprint density at radius 3 is 2.82 bits per heavy atom. The third-order valence-electron chi connectivity index (χ3n) is 2.10. The summed E-state index contributed by atoms with van der Waals surface area (Å²) in [5.41, 5.74) is 0. The molecule has 1 atom stereocenters. The number of hydrogen-bond acceptors (Lipinski definition) is 1. The van der Waals surface area contributed by atoms with E-state index >= 15 is 0 Å². The van der Waals surface area contributed by atoms with Crippen molar-refractivity contribution in [1.29, 1.82) is 0 Å². The fourth-order valence-corrected chi connectivity index (χ4v) is 1.64. The van der Waals surface area contributed by atoms with Gasteiger partial charge in [0.25, 0.3) is 5.92 Å². The minimum absolute atomic E-state index is 0.0772. The highest BCUT2D eigenvalue weighted by molar-refractivity contribution is 4.81. The topological polar surface area (TPSA) is 12.0 Å². The lowest BCUT2D eigenvalue weighted by Crippen LogP contribution is -2.43. The van der Waals surface area contributed by atoms with Gasteiger partial charge in [-0.2, -0.15) is 0 Å². The minimum Gasteiger partial charge on any atom is -0.311 e. The second-order valence-corrected chi connectivity index (χ2v) is 3.35. The average molecular weight is 163 g/mol. The van der Waals surface area contributed by atoms with E-state index in [0.717, 1.165) is 19.4 Å². The van der Waals surface area contributed by atoms with Gasteiger partial charge in [-0.15, -0.1) is 0 Å². The van der Waals surface area contributed by atoms with Crippen LogP contribution >= 0.6 is 0 Å². The maximum absolute atomic E-state index is 12.7. The first-order valence-corrected chi connectivity index (χ1v) is 4.22. The number of nitrogens with one attached hydrogen (secondary N) is 1. The zero-order valence-electron chi connectivity index (χ0n) is 6.87. The molecule has 1 heterocycles. The van der Waals surface area contributed by atoms with Gasteiger partial charge in [0.05, 0.1) is 6.54 Å². The highest BCUT2D eigenvalue weighted by atomic mass is 19.3. The summed E-state index contributed by atoms with van der Waals surface area (Å²) in [6, 6.07) is 0. The van der Waals surface area contributed by atoms with Gasteiger partial charge in [0.15, 0.2) is 0 Å². The Kier molecular flexibility index (Phi) is 2.82. The summed E-state index contributed by atoms with van der Waals surface area (Å²) in [4.78, 5) is 0. The van der Waals surface area contributed by atoms with Crippen LogP contribution in [0.15, 0.2) is 0 Å². The Morgan fingerprint density at radius 1 is 1.55 bits per heavy atom. The zero-order chi connectivity index (χ0) is 8.32. The molecule has 0 amide bonds. The molecule has 66 valence electrons. The highest BCUT2D eigenvalue weighted by Crippen LogP contribution is 2.28. The third-order valence-corrected chi connectivity index (χ3v) is 2.10. The van der Waals surface area contributed by atoms with Crippen molar-refractivity contribution < 1.29 is 8.78 Å². The van der Waals surface area contributed by atoms with Crippen LogP contribution in [-0.2, 0) is 0 Å². The molecule has 1 aliphatic rings. The second kappa shape index (κ2) is 3.48. The van der Waals surface area contributed by atoms with E-state index in [-0.39, 0.29) is 18.9 Å². The van der Waals surface area contributed by atoms with E-state index in [2.05, 4.69) is 5.32 Å². The van der Waals surface area contributed by atoms with E-state index in [9.17, 15) is 8.78 Å². The summed E-state index contributed by atoms with van der Waals surface area (Å²) in [7, 11) is 0. The highest BCUT2D eigenvalue weighted by Gasteiger charge is 2.35. The van der Waals surface area contributed by atoms with Crippen LogP contribution < -0.4 is 5.32 Å². The lowest BCUT2D eigenvalue weighted by molar-refractivity contribution is -0.0403. The van der Waals surface area contributed by atoms with Crippen LogP contribution in [0.1, 0.15) is 26.2 Å². The van der Waals surface area contributed by atoms with E-state index in [1.807, 2.05) is 6.92 Å². The van der Waals surface area contributed by atoms with Gasteiger partial charge in [-0.1, -0.05) is 13.3 Å². The van der Waals surface area contributed by atoms with Crippen LogP contribution in [0.2, 0.25) is 0 Å². The van der Waals surface area contributed by atoms with Gasteiger partial charge in [-0.3, -0.25) is 0 Å². The molecular formula is C8H15F2N. The molecule has 0 bridgehead atoms. The van der Waals surface area contributed by atoms with E-state index in [0.29, 0.717) is 0 Å². The summed E-state index contributed by atoms with van der Waals surface area (Å²) >= 11 is 0. The van der Waals surface area contributed by atoms with Crippen molar-refractivity contribution in [1.82, 2.24) is 5.32 Å². The molecule has 11 heavy (non-hydrogen) atoms. The van der Waals surface area contributed by atoms with Crippen LogP contribution in [0.25, 0.3) is 0 Å². The SMILES string of the molecule is CCCC1CNCC(F)(F)C1. The Hall–Kier alpha value is -0.180. The molecule has 0 aromatic rings. The molecule has 0 radical (unpaired) electrons. The molecule has 0 aliphatic carbocycles. The predicted molar refractivity (Wildman–Crippen MR) is 40.8 cm³/mol. The molecule has 1 N–H and O–H groups in total. The maximum atomic E-state index is 12.7. The van der Waals surface area contributed by atoms with Gasteiger partial charge in [0.2, 0.25) is 0 Å². The molecule has 1 aliphatic heterocycles. The molecule has 3 heteroatoms. The number of rotatable bonds is 2. The minimum atomic E-state index is -2.46. The molecule has 1 nitrogen and oxygen atoms in total. The molecule has 0 saturated carbocycles.